The van der Waals surface area contributed by atoms with Crippen LogP contribution < -0.4 is 10.1 Å². The SMILES string of the molecule is CCCNCc1cncc(Oc2cnn(CCC)c2)n1. The van der Waals surface area contributed by atoms with Crippen molar-refractivity contribution in [2.24, 2.45) is 0 Å². The molecule has 0 aromatic carbocycles. The van der Waals surface area contributed by atoms with Crippen molar-refractivity contribution in [1.82, 2.24) is 25.1 Å². The van der Waals surface area contributed by atoms with Crippen molar-refractivity contribution in [3.05, 3.63) is 30.5 Å². The van der Waals surface area contributed by atoms with Gasteiger partial charge in [-0.1, -0.05) is 13.8 Å². The molecular formula is C14H21N5O. The molecule has 0 saturated heterocycles. The van der Waals surface area contributed by atoms with Crippen molar-refractivity contribution in [1.29, 1.82) is 0 Å². The first-order valence-corrected chi connectivity index (χ1v) is 7.03. The molecule has 2 aromatic heterocycles. The molecule has 108 valence electrons. The summed E-state index contributed by atoms with van der Waals surface area (Å²) in [5.41, 5.74) is 0.872. The Morgan fingerprint density at radius 3 is 2.90 bits per heavy atom. The third kappa shape index (κ3) is 4.31. The quantitative estimate of drug-likeness (QED) is 0.749. The van der Waals surface area contributed by atoms with Crippen LogP contribution >= 0.6 is 0 Å². The van der Waals surface area contributed by atoms with Crippen LogP contribution in [0.4, 0.5) is 0 Å². The van der Waals surface area contributed by atoms with E-state index in [2.05, 4.69) is 34.2 Å². The Morgan fingerprint density at radius 2 is 2.10 bits per heavy atom. The topological polar surface area (TPSA) is 64.9 Å². The zero-order valence-corrected chi connectivity index (χ0v) is 12.0. The summed E-state index contributed by atoms with van der Waals surface area (Å²) in [7, 11) is 0. The lowest BCUT2D eigenvalue weighted by Crippen LogP contribution is -2.15. The van der Waals surface area contributed by atoms with E-state index in [0.29, 0.717) is 18.2 Å². The largest absolute Gasteiger partial charge is 0.434 e. The summed E-state index contributed by atoms with van der Waals surface area (Å²) in [4.78, 5) is 8.56. The lowest BCUT2D eigenvalue weighted by molar-refractivity contribution is 0.454. The number of aromatic nitrogens is 4. The van der Waals surface area contributed by atoms with Gasteiger partial charge in [-0.15, -0.1) is 0 Å². The van der Waals surface area contributed by atoms with Gasteiger partial charge in [0, 0.05) is 19.3 Å². The van der Waals surface area contributed by atoms with Gasteiger partial charge in [-0.2, -0.15) is 5.10 Å². The summed E-state index contributed by atoms with van der Waals surface area (Å²) >= 11 is 0. The first kappa shape index (κ1) is 14.5. The van der Waals surface area contributed by atoms with E-state index in [4.69, 9.17) is 4.74 Å². The lowest BCUT2D eigenvalue weighted by atomic mass is 10.4. The van der Waals surface area contributed by atoms with Gasteiger partial charge in [0.15, 0.2) is 5.75 Å². The molecule has 0 unspecified atom stereocenters. The van der Waals surface area contributed by atoms with Crippen LogP contribution in [0.5, 0.6) is 11.6 Å². The molecule has 6 nitrogen and oxygen atoms in total. The van der Waals surface area contributed by atoms with Crippen molar-refractivity contribution in [3.63, 3.8) is 0 Å². The molecule has 0 aliphatic heterocycles. The number of ether oxygens (including phenoxy) is 1. The van der Waals surface area contributed by atoms with Crippen LogP contribution in [0.15, 0.2) is 24.8 Å². The molecular weight excluding hydrogens is 254 g/mol. The Labute approximate surface area is 119 Å². The molecule has 0 aliphatic carbocycles. The van der Waals surface area contributed by atoms with Crippen LogP contribution in [0.3, 0.4) is 0 Å². The van der Waals surface area contributed by atoms with Crippen molar-refractivity contribution in [3.8, 4) is 11.6 Å². The van der Waals surface area contributed by atoms with E-state index in [1.54, 1.807) is 18.6 Å². The average Bonchev–Trinajstić information content (AvgIpc) is 2.87. The highest BCUT2D eigenvalue weighted by Gasteiger charge is 2.04. The zero-order chi connectivity index (χ0) is 14.2. The number of nitrogens with one attached hydrogen (secondary N) is 1. The molecule has 0 bridgehead atoms. The van der Waals surface area contributed by atoms with E-state index < -0.39 is 0 Å². The predicted octanol–water partition coefficient (Wildman–Crippen LogP) is 2.38. The summed E-state index contributed by atoms with van der Waals surface area (Å²) < 4.78 is 7.52. The summed E-state index contributed by atoms with van der Waals surface area (Å²) in [6, 6.07) is 0. The van der Waals surface area contributed by atoms with Crippen molar-refractivity contribution >= 4 is 0 Å². The minimum absolute atomic E-state index is 0.497. The predicted molar refractivity (Wildman–Crippen MR) is 76.6 cm³/mol. The Kier molecular flexibility index (Phi) is 5.49. The van der Waals surface area contributed by atoms with Crippen LogP contribution in [0, 0.1) is 0 Å². The molecule has 0 aliphatic rings. The standard InChI is InChI=1S/C14H21N5O/c1-3-5-15-7-12-8-16-10-14(18-12)20-13-9-17-19(11-13)6-4-2/h8-11,15H,3-7H2,1-2H3. The Morgan fingerprint density at radius 1 is 1.20 bits per heavy atom. The highest BCUT2D eigenvalue weighted by molar-refractivity contribution is 5.20. The molecule has 0 spiro atoms. The lowest BCUT2D eigenvalue weighted by Gasteiger charge is -2.05. The van der Waals surface area contributed by atoms with Crippen LogP contribution in [0.25, 0.3) is 0 Å². The molecule has 20 heavy (non-hydrogen) atoms. The highest BCUT2D eigenvalue weighted by atomic mass is 16.5. The van der Waals surface area contributed by atoms with Gasteiger partial charge in [0.1, 0.15) is 0 Å². The smallest absolute Gasteiger partial charge is 0.238 e. The van der Waals surface area contributed by atoms with Gasteiger partial charge >= 0.3 is 0 Å². The van der Waals surface area contributed by atoms with Gasteiger partial charge in [0.2, 0.25) is 5.88 Å². The molecule has 2 heterocycles. The molecule has 0 fully saturated rings. The fourth-order valence-electron chi connectivity index (χ4n) is 1.78. The minimum atomic E-state index is 0.497. The van der Waals surface area contributed by atoms with E-state index in [-0.39, 0.29) is 0 Å². The molecule has 2 rings (SSSR count). The van der Waals surface area contributed by atoms with Gasteiger partial charge in [-0.3, -0.25) is 9.67 Å². The Bertz CT molecular complexity index is 526. The van der Waals surface area contributed by atoms with Crippen molar-refractivity contribution in [2.45, 2.75) is 39.8 Å². The number of aryl methyl sites for hydroxylation is 1. The van der Waals surface area contributed by atoms with E-state index in [0.717, 1.165) is 31.6 Å². The monoisotopic (exact) mass is 275 g/mol. The minimum Gasteiger partial charge on any atom is -0.434 e. The third-order valence-corrected chi connectivity index (χ3v) is 2.68. The number of hydrogen-bond donors (Lipinski definition) is 1. The van der Waals surface area contributed by atoms with E-state index in [1.165, 1.54) is 0 Å². The Balaban J connectivity index is 1.95. The van der Waals surface area contributed by atoms with Gasteiger partial charge in [-0.25, -0.2) is 4.98 Å². The van der Waals surface area contributed by atoms with E-state index >= 15 is 0 Å². The number of hydrogen-bond acceptors (Lipinski definition) is 5. The zero-order valence-electron chi connectivity index (χ0n) is 12.0. The number of rotatable bonds is 8. The average molecular weight is 275 g/mol. The van der Waals surface area contributed by atoms with Gasteiger partial charge in [0.25, 0.3) is 0 Å². The Hall–Kier alpha value is -1.95. The summed E-state index contributed by atoms with van der Waals surface area (Å²) in [5.74, 6) is 1.18. The molecule has 0 atom stereocenters. The first-order chi connectivity index (χ1) is 9.81. The summed E-state index contributed by atoms with van der Waals surface area (Å²) in [6.07, 6.45) is 9.06. The van der Waals surface area contributed by atoms with Gasteiger partial charge in [-0.05, 0) is 19.4 Å². The summed E-state index contributed by atoms with van der Waals surface area (Å²) in [6.45, 7) is 6.80. The van der Waals surface area contributed by atoms with Crippen LogP contribution in [-0.2, 0) is 13.1 Å². The fourth-order valence-corrected chi connectivity index (χ4v) is 1.78. The maximum absolute atomic E-state index is 5.67. The maximum Gasteiger partial charge on any atom is 0.238 e. The van der Waals surface area contributed by atoms with Crippen LogP contribution in [0.2, 0.25) is 0 Å². The highest BCUT2D eigenvalue weighted by Crippen LogP contribution is 2.17. The molecule has 0 saturated carbocycles. The van der Waals surface area contributed by atoms with E-state index in [9.17, 15) is 0 Å². The molecule has 1 N–H and O–H groups in total. The van der Waals surface area contributed by atoms with E-state index in [1.807, 2.05) is 10.9 Å². The van der Waals surface area contributed by atoms with Crippen LogP contribution in [0.1, 0.15) is 32.4 Å². The molecule has 0 radical (unpaired) electrons. The van der Waals surface area contributed by atoms with Crippen LogP contribution in [-0.4, -0.2) is 26.3 Å². The first-order valence-electron chi connectivity index (χ1n) is 7.03. The van der Waals surface area contributed by atoms with Gasteiger partial charge < -0.3 is 10.1 Å². The second-order valence-corrected chi connectivity index (χ2v) is 4.57. The molecule has 2 aromatic rings. The maximum atomic E-state index is 5.67. The summed E-state index contributed by atoms with van der Waals surface area (Å²) in [5, 5.41) is 7.51. The number of nitrogens with zero attached hydrogens (tertiary/aromatic N) is 4. The fraction of sp³-hybridized carbons (Fsp3) is 0.500. The second-order valence-electron chi connectivity index (χ2n) is 4.57. The second kappa shape index (κ2) is 7.59. The third-order valence-electron chi connectivity index (χ3n) is 2.68. The molecule has 6 heteroatoms. The van der Waals surface area contributed by atoms with Gasteiger partial charge in [0.05, 0.1) is 24.3 Å². The van der Waals surface area contributed by atoms with Crippen molar-refractivity contribution < 1.29 is 4.74 Å². The van der Waals surface area contributed by atoms with Crippen molar-refractivity contribution in [2.75, 3.05) is 6.54 Å². The molecule has 0 amide bonds. The normalized spacial score (nSPS) is 10.7.